The minimum atomic E-state index is -4.09. The highest BCUT2D eigenvalue weighted by atomic mass is 32.2. The van der Waals surface area contributed by atoms with Crippen molar-refractivity contribution in [1.29, 1.82) is 0 Å². The first-order chi connectivity index (χ1) is 9.69. The van der Waals surface area contributed by atoms with Crippen LogP contribution in [0.3, 0.4) is 0 Å². The number of nitrogens with zero attached hydrogens (tertiary/aromatic N) is 1. The van der Waals surface area contributed by atoms with Gasteiger partial charge < -0.3 is 9.84 Å². The number of ether oxygens (including phenoxy) is 1. The number of aliphatic hydroxyl groups is 1. The van der Waals surface area contributed by atoms with Gasteiger partial charge in [0, 0.05) is 32.7 Å². The first-order valence-corrected chi connectivity index (χ1v) is 7.62. The Kier molecular flexibility index (Phi) is 5.78. The largest absolute Gasteiger partial charge is 0.389 e. The van der Waals surface area contributed by atoms with E-state index in [1.807, 2.05) is 0 Å². The first kappa shape index (κ1) is 17.5. The number of nitro benzene ring substituents is 1. The van der Waals surface area contributed by atoms with Crippen molar-refractivity contribution in [3.05, 3.63) is 34.4 Å². The van der Waals surface area contributed by atoms with Crippen molar-refractivity contribution >= 4 is 15.7 Å². The fourth-order valence-corrected chi connectivity index (χ4v) is 2.91. The average Bonchev–Trinajstić information content (AvgIpc) is 2.43. The van der Waals surface area contributed by atoms with Crippen LogP contribution in [0, 0.1) is 10.1 Å². The third-order valence-electron chi connectivity index (χ3n) is 2.84. The van der Waals surface area contributed by atoms with Crippen molar-refractivity contribution in [2.75, 3.05) is 20.3 Å². The minimum absolute atomic E-state index is 0.225. The van der Waals surface area contributed by atoms with E-state index in [-0.39, 0.29) is 19.6 Å². The quantitative estimate of drug-likeness (QED) is 0.537. The minimum Gasteiger partial charge on any atom is -0.389 e. The summed E-state index contributed by atoms with van der Waals surface area (Å²) >= 11 is 0. The van der Waals surface area contributed by atoms with Gasteiger partial charge >= 0.3 is 0 Å². The Morgan fingerprint density at radius 2 is 2.05 bits per heavy atom. The average molecular weight is 318 g/mol. The summed E-state index contributed by atoms with van der Waals surface area (Å²) in [6.45, 7) is 1.44. The van der Waals surface area contributed by atoms with Crippen molar-refractivity contribution in [2.24, 2.45) is 0 Å². The van der Waals surface area contributed by atoms with Gasteiger partial charge in [-0.25, -0.2) is 13.1 Å². The molecule has 21 heavy (non-hydrogen) atoms. The Labute approximate surface area is 122 Å². The van der Waals surface area contributed by atoms with Gasteiger partial charge in [-0.3, -0.25) is 10.1 Å². The third kappa shape index (κ3) is 5.05. The van der Waals surface area contributed by atoms with E-state index in [2.05, 4.69) is 4.72 Å². The smallest absolute Gasteiger partial charge is 0.289 e. The number of nitrogens with one attached hydrogen (secondary N) is 1. The molecule has 0 aromatic heterocycles. The number of sulfonamides is 1. The second kappa shape index (κ2) is 6.94. The molecule has 0 aliphatic carbocycles. The summed E-state index contributed by atoms with van der Waals surface area (Å²) in [5, 5.41) is 20.9. The van der Waals surface area contributed by atoms with Gasteiger partial charge in [-0.1, -0.05) is 12.1 Å². The normalized spacial score (nSPS) is 14.6. The molecule has 9 heteroatoms. The third-order valence-corrected chi connectivity index (χ3v) is 4.29. The Balaban J connectivity index is 2.91. The van der Waals surface area contributed by atoms with Crippen molar-refractivity contribution in [1.82, 2.24) is 4.72 Å². The molecule has 1 rings (SSSR count). The van der Waals surface area contributed by atoms with Gasteiger partial charge in [0.05, 0.1) is 10.5 Å². The van der Waals surface area contributed by atoms with E-state index in [9.17, 15) is 23.6 Å². The van der Waals surface area contributed by atoms with Crippen molar-refractivity contribution < 1.29 is 23.2 Å². The topological polar surface area (TPSA) is 119 Å². The molecular weight excluding hydrogens is 300 g/mol. The van der Waals surface area contributed by atoms with Crippen LogP contribution in [-0.2, 0) is 14.8 Å². The monoisotopic (exact) mass is 318 g/mol. The maximum Gasteiger partial charge on any atom is 0.289 e. The molecule has 0 spiro atoms. The molecule has 0 radical (unpaired) electrons. The van der Waals surface area contributed by atoms with E-state index >= 15 is 0 Å². The molecule has 0 aliphatic heterocycles. The molecule has 0 heterocycles. The SMILES string of the molecule is COCCC(C)(O)CNS(=O)(=O)c1ccccc1[N+](=O)[O-]. The zero-order valence-electron chi connectivity index (χ0n) is 11.8. The molecule has 1 unspecified atom stereocenters. The second-order valence-electron chi connectivity index (χ2n) is 4.79. The van der Waals surface area contributed by atoms with Crippen LogP contribution in [-0.4, -0.2) is 44.3 Å². The number of hydrogen-bond acceptors (Lipinski definition) is 6. The molecule has 1 aromatic rings. The van der Waals surface area contributed by atoms with Crippen LogP contribution in [0.5, 0.6) is 0 Å². The number of benzene rings is 1. The van der Waals surface area contributed by atoms with Gasteiger partial charge in [-0.05, 0) is 13.0 Å². The Hall–Kier alpha value is -1.55. The van der Waals surface area contributed by atoms with Crippen molar-refractivity contribution in [3.63, 3.8) is 0 Å². The van der Waals surface area contributed by atoms with E-state index in [1.165, 1.54) is 26.2 Å². The van der Waals surface area contributed by atoms with Crippen molar-refractivity contribution in [2.45, 2.75) is 23.8 Å². The highest BCUT2D eigenvalue weighted by Crippen LogP contribution is 2.23. The molecule has 0 saturated heterocycles. The van der Waals surface area contributed by atoms with Crippen LogP contribution in [0.4, 0.5) is 5.69 Å². The van der Waals surface area contributed by atoms with Gasteiger partial charge in [-0.15, -0.1) is 0 Å². The lowest BCUT2D eigenvalue weighted by molar-refractivity contribution is -0.387. The first-order valence-electron chi connectivity index (χ1n) is 6.14. The second-order valence-corrected chi connectivity index (χ2v) is 6.52. The summed E-state index contributed by atoms with van der Waals surface area (Å²) in [6, 6.07) is 5.03. The maximum absolute atomic E-state index is 12.1. The molecule has 0 fully saturated rings. The Morgan fingerprint density at radius 1 is 1.43 bits per heavy atom. The van der Waals surface area contributed by atoms with Crippen LogP contribution in [0.15, 0.2) is 29.2 Å². The van der Waals surface area contributed by atoms with Gasteiger partial charge in [0.15, 0.2) is 4.90 Å². The summed E-state index contributed by atoms with van der Waals surface area (Å²) < 4.78 is 31.2. The predicted molar refractivity (Wildman–Crippen MR) is 75.4 cm³/mol. The van der Waals surface area contributed by atoms with Crippen LogP contribution >= 0.6 is 0 Å². The molecule has 1 aromatic carbocycles. The van der Waals surface area contributed by atoms with E-state index in [0.717, 1.165) is 12.1 Å². The molecule has 118 valence electrons. The zero-order valence-corrected chi connectivity index (χ0v) is 12.6. The number of methoxy groups -OCH3 is 1. The highest BCUT2D eigenvalue weighted by molar-refractivity contribution is 7.89. The van der Waals surface area contributed by atoms with Crippen molar-refractivity contribution in [3.8, 4) is 0 Å². The van der Waals surface area contributed by atoms with Gasteiger partial charge in [-0.2, -0.15) is 0 Å². The lowest BCUT2D eigenvalue weighted by atomic mass is 10.0. The lowest BCUT2D eigenvalue weighted by Gasteiger charge is -2.23. The molecular formula is C12H18N2O6S. The number of hydrogen-bond donors (Lipinski definition) is 2. The summed E-state index contributed by atoms with van der Waals surface area (Å²) in [4.78, 5) is 9.66. The Morgan fingerprint density at radius 3 is 2.62 bits per heavy atom. The summed E-state index contributed by atoms with van der Waals surface area (Å²) in [5.41, 5.74) is -1.83. The molecule has 0 amide bonds. The summed E-state index contributed by atoms with van der Waals surface area (Å²) in [6.07, 6.45) is 0.225. The van der Waals surface area contributed by atoms with Gasteiger partial charge in [0.25, 0.3) is 5.69 Å². The zero-order chi connectivity index (χ0) is 16.1. The van der Waals surface area contributed by atoms with E-state index in [0.29, 0.717) is 0 Å². The van der Waals surface area contributed by atoms with Crippen LogP contribution in [0.2, 0.25) is 0 Å². The maximum atomic E-state index is 12.1. The molecule has 0 saturated carbocycles. The molecule has 0 bridgehead atoms. The number of para-hydroxylation sites is 1. The lowest BCUT2D eigenvalue weighted by Crippen LogP contribution is -2.41. The van der Waals surface area contributed by atoms with Crippen LogP contribution < -0.4 is 4.72 Å². The molecule has 8 nitrogen and oxygen atoms in total. The highest BCUT2D eigenvalue weighted by Gasteiger charge is 2.28. The van der Waals surface area contributed by atoms with E-state index < -0.39 is 31.1 Å². The van der Waals surface area contributed by atoms with Crippen LogP contribution in [0.1, 0.15) is 13.3 Å². The summed E-state index contributed by atoms with van der Waals surface area (Å²) in [5.74, 6) is 0. The summed E-state index contributed by atoms with van der Waals surface area (Å²) in [7, 11) is -2.62. The predicted octanol–water partition coefficient (Wildman–Crippen LogP) is 0.661. The standard InChI is InChI=1S/C12H18N2O6S/c1-12(15,7-8-20-2)9-13-21(18,19)11-6-4-3-5-10(11)14(16)17/h3-6,13,15H,7-9H2,1-2H3. The Bertz CT molecular complexity index is 600. The molecule has 0 aliphatic rings. The fraction of sp³-hybridized carbons (Fsp3) is 0.500. The van der Waals surface area contributed by atoms with E-state index in [1.54, 1.807) is 0 Å². The van der Waals surface area contributed by atoms with E-state index in [4.69, 9.17) is 4.74 Å². The van der Waals surface area contributed by atoms with Gasteiger partial charge in [0.2, 0.25) is 10.0 Å². The number of rotatable bonds is 8. The molecule has 1 atom stereocenters. The molecule has 2 N–H and O–H groups in total. The van der Waals surface area contributed by atoms with Crippen LogP contribution in [0.25, 0.3) is 0 Å². The number of nitro groups is 1. The van der Waals surface area contributed by atoms with Gasteiger partial charge in [0.1, 0.15) is 0 Å². The fourth-order valence-electron chi connectivity index (χ4n) is 1.57.